The summed E-state index contributed by atoms with van der Waals surface area (Å²) < 4.78 is 13.0. The van der Waals surface area contributed by atoms with Crippen LogP contribution < -0.4 is 5.32 Å². The van der Waals surface area contributed by atoms with Crippen molar-refractivity contribution in [3.05, 3.63) is 64.4 Å². The molecule has 0 aromatic heterocycles. The van der Waals surface area contributed by atoms with E-state index in [1.54, 1.807) is 12.1 Å². The van der Waals surface area contributed by atoms with Crippen molar-refractivity contribution in [3.8, 4) is 0 Å². The van der Waals surface area contributed by atoms with E-state index in [-0.39, 0.29) is 10.8 Å². The average Bonchev–Trinajstić information content (AvgIpc) is 2.36. The van der Waals surface area contributed by atoms with Gasteiger partial charge in [0, 0.05) is 12.2 Å². The van der Waals surface area contributed by atoms with E-state index in [9.17, 15) is 4.39 Å². The molecule has 0 unspecified atom stereocenters. The van der Waals surface area contributed by atoms with E-state index >= 15 is 0 Å². The molecular formula is C15H15ClFN. The van der Waals surface area contributed by atoms with Crippen LogP contribution in [0.15, 0.2) is 42.5 Å². The number of aryl methyl sites for hydroxylation is 1. The Hall–Kier alpha value is -1.54. The van der Waals surface area contributed by atoms with Gasteiger partial charge in [-0.25, -0.2) is 4.39 Å². The van der Waals surface area contributed by atoms with Gasteiger partial charge in [-0.1, -0.05) is 35.9 Å². The summed E-state index contributed by atoms with van der Waals surface area (Å²) in [7, 11) is 0. The van der Waals surface area contributed by atoms with Gasteiger partial charge in [-0.3, -0.25) is 0 Å². The first kappa shape index (κ1) is 12.9. The fraction of sp³-hybridized carbons (Fsp3) is 0.200. The Morgan fingerprint density at radius 1 is 1.17 bits per heavy atom. The fourth-order valence-electron chi connectivity index (χ4n) is 1.84. The minimum absolute atomic E-state index is 0.149. The Labute approximate surface area is 112 Å². The van der Waals surface area contributed by atoms with Crippen LogP contribution in [0.5, 0.6) is 0 Å². The second-order valence-electron chi connectivity index (χ2n) is 4.23. The zero-order valence-electron chi connectivity index (χ0n) is 10.2. The second kappa shape index (κ2) is 5.87. The zero-order valence-corrected chi connectivity index (χ0v) is 11.0. The molecule has 0 atom stereocenters. The van der Waals surface area contributed by atoms with Crippen LogP contribution in [-0.4, -0.2) is 6.54 Å². The number of halogens is 2. The van der Waals surface area contributed by atoms with Gasteiger partial charge in [0.05, 0.1) is 5.02 Å². The van der Waals surface area contributed by atoms with Crippen molar-refractivity contribution in [1.82, 2.24) is 0 Å². The lowest BCUT2D eigenvalue weighted by Gasteiger charge is -2.09. The number of anilines is 1. The van der Waals surface area contributed by atoms with Crippen LogP contribution in [0.1, 0.15) is 11.1 Å². The molecule has 0 radical (unpaired) electrons. The lowest BCUT2D eigenvalue weighted by molar-refractivity contribution is 0.628. The maximum Gasteiger partial charge on any atom is 0.141 e. The Bertz CT molecular complexity index is 540. The van der Waals surface area contributed by atoms with Crippen molar-refractivity contribution in [3.63, 3.8) is 0 Å². The highest BCUT2D eigenvalue weighted by Gasteiger charge is 2.01. The SMILES string of the molecule is Cc1ccccc1CCNc1ccc(F)c(Cl)c1. The Morgan fingerprint density at radius 2 is 1.94 bits per heavy atom. The zero-order chi connectivity index (χ0) is 13.0. The maximum absolute atomic E-state index is 13.0. The molecule has 2 aromatic carbocycles. The van der Waals surface area contributed by atoms with Crippen molar-refractivity contribution >= 4 is 17.3 Å². The van der Waals surface area contributed by atoms with Crippen molar-refractivity contribution in [2.45, 2.75) is 13.3 Å². The third-order valence-corrected chi connectivity index (χ3v) is 3.19. The van der Waals surface area contributed by atoms with Gasteiger partial charge in [-0.05, 0) is 42.7 Å². The molecule has 3 heteroatoms. The smallest absolute Gasteiger partial charge is 0.141 e. The Morgan fingerprint density at radius 3 is 2.67 bits per heavy atom. The summed E-state index contributed by atoms with van der Waals surface area (Å²) in [6.45, 7) is 2.90. The first-order valence-electron chi connectivity index (χ1n) is 5.90. The van der Waals surface area contributed by atoms with E-state index in [4.69, 9.17) is 11.6 Å². The van der Waals surface area contributed by atoms with Crippen molar-refractivity contribution < 1.29 is 4.39 Å². The molecule has 2 rings (SSSR count). The molecule has 1 N–H and O–H groups in total. The van der Waals surface area contributed by atoms with Gasteiger partial charge in [-0.15, -0.1) is 0 Å². The molecule has 0 saturated carbocycles. The lowest BCUT2D eigenvalue weighted by atomic mass is 10.1. The molecule has 1 nitrogen and oxygen atoms in total. The van der Waals surface area contributed by atoms with Crippen LogP contribution in [0.4, 0.5) is 10.1 Å². The molecular weight excluding hydrogens is 249 g/mol. The summed E-state index contributed by atoms with van der Waals surface area (Å²) in [5.74, 6) is -0.388. The summed E-state index contributed by atoms with van der Waals surface area (Å²) in [5, 5.41) is 3.39. The van der Waals surface area contributed by atoms with Crippen LogP contribution in [-0.2, 0) is 6.42 Å². The number of rotatable bonds is 4. The average molecular weight is 264 g/mol. The van der Waals surface area contributed by atoms with E-state index < -0.39 is 0 Å². The molecule has 0 aliphatic carbocycles. The number of hydrogen-bond acceptors (Lipinski definition) is 1. The highest BCUT2D eigenvalue weighted by molar-refractivity contribution is 6.31. The molecule has 0 aliphatic rings. The van der Waals surface area contributed by atoms with Gasteiger partial charge in [-0.2, -0.15) is 0 Å². The molecule has 0 saturated heterocycles. The fourth-order valence-corrected chi connectivity index (χ4v) is 2.02. The summed E-state index contributed by atoms with van der Waals surface area (Å²) in [5.41, 5.74) is 3.45. The summed E-state index contributed by atoms with van der Waals surface area (Å²) >= 11 is 5.72. The summed E-state index contributed by atoms with van der Waals surface area (Å²) in [4.78, 5) is 0. The lowest BCUT2D eigenvalue weighted by Crippen LogP contribution is -2.05. The van der Waals surface area contributed by atoms with Gasteiger partial charge in [0.2, 0.25) is 0 Å². The van der Waals surface area contributed by atoms with Crippen LogP contribution in [0, 0.1) is 12.7 Å². The minimum atomic E-state index is -0.388. The molecule has 18 heavy (non-hydrogen) atoms. The quantitative estimate of drug-likeness (QED) is 0.860. The van der Waals surface area contributed by atoms with Crippen molar-refractivity contribution in [1.29, 1.82) is 0 Å². The molecule has 0 heterocycles. The largest absolute Gasteiger partial charge is 0.385 e. The first-order chi connectivity index (χ1) is 8.66. The van der Waals surface area contributed by atoms with Gasteiger partial charge < -0.3 is 5.32 Å². The molecule has 94 valence electrons. The number of benzene rings is 2. The van der Waals surface area contributed by atoms with Gasteiger partial charge in [0.1, 0.15) is 5.82 Å². The Balaban J connectivity index is 1.92. The molecule has 0 amide bonds. The first-order valence-corrected chi connectivity index (χ1v) is 6.28. The normalized spacial score (nSPS) is 10.4. The topological polar surface area (TPSA) is 12.0 Å². The highest BCUT2D eigenvalue weighted by atomic mass is 35.5. The molecule has 0 aliphatic heterocycles. The Kier molecular flexibility index (Phi) is 4.21. The molecule has 0 bridgehead atoms. The van der Waals surface area contributed by atoms with Crippen molar-refractivity contribution in [2.75, 3.05) is 11.9 Å². The van der Waals surface area contributed by atoms with Crippen LogP contribution >= 0.6 is 11.6 Å². The van der Waals surface area contributed by atoms with Gasteiger partial charge >= 0.3 is 0 Å². The molecule has 0 spiro atoms. The third-order valence-electron chi connectivity index (χ3n) is 2.90. The minimum Gasteiger partial charge on any atom is -0.385 e. The number of nitrogens with one attached hydrogen (secondary N) is 1. The molecule has 2 aromatic rings. The predicted molar refractivity (Wildman–Crippen MR) is 74.8 cm³/mol. The standard InChI is InChI=1S/C15H15ClFN/c1-11-4-2-3-5-12(11)8-9-18-13-6-7-15(17)14(16)10-13/h2-7,10,18H,8-9H2,1H3. The van der Waals surface area contributed by atoms with E-state index in [0.29, 0.717) is 0 Å². The van der Waals surface area contributed by atoms with Crippen LogP contribution in [0.25, 0.3) is 0 Å². The second-order valence-corrected chi connectivity index (χ2v) is 4.64. The van der Waals surface area contributed by atoms with E-state index in [0.717, 1.165) is 18.7 Å². The maximum atomic E-state index is 13.0. The van der Waals surface area contributed by atoms with Crippen LogP contribution in [0.2, 0.25) is 5.02 Å². The van der Waals surface area contributed by atoms with Gasteiger partial charge in [0.15, 0.2) is 0 Å². The third kappa shape index (κ3) is 3.23. The van der Waals surface area contributed by atoms with Gasteiger partial charge in [0.25, 0.3) is 0 Å². The summed E-state index contributed by atoms with van der Waals surface area (Å²) in [6, 6.07) is 13.0. The van der Waals surface area contributed by atoms with E-state index in [2.05, 4.69) is 24.4 Å². The predicted octanol–water partition coefficient (Wildman–Crippen LogP) is 4.44. The molecule has 0 fully saturated rings. The van der Waals surface area contributed by atoms with E-state index in [1.165, 1.54) is 17.2 Å². The highest BCUT2D eigenvalue weighted by Crippen LogP contribution is 2.19. The monoisotopic (exact) mass is 263 g/mol. The van der Waals surface area contributed by atoms with Crippen molar-refractivity contribution in [2.24, 2.45) is 0 Å². The summed E-state index contributed by atoms with van der Waals surface area (Å²) in [6.07, 6.45) is 0.932. The van der Waals surface area contributed by atoms with Crippen LogP contribution in [0.3, 0.4) is 0 Å². The van der Waals surface area contributed by atoms with E-state index in [1.807, 2.05) is 12.1 Å². The number of hydrogen-bond donors (Lipinski definition) is 1.